The Bertz CT molecular complexity index is 614. The lowest BCUT2D eigenvalue weighted by Crippen LogP contribution is -2.25. The minimum Gasteiger partial charge on any atom is -0.337 e. The Morgan fingerprint density at radius 1 is 1.32 bits per heavy atom. The molecule has 0 spiro atoms. The summed E-state index contributed by atoms with van der Waals surface area (Å²) >= 11 is 4.60. The Labute approximate surface area is 121 Å². The molecule has 0 radical (unpaired) electrons. The smallest absolute Gasteiger partial charge is 0.264 e. The summed E-state index contributed by atoms with van der Waals surface area (Å²) in [6.07, 6.45) is 0. The second-order valence-electron chi connectivity index (χ2n) is 4.00. The van der Waals surface area contributed by atoms with Gasteiger partial charge in [-0.05, 0) is 34.1 Å². The number of nitrogens with zero attached hydrogens (tertiary/aromatic N) is 1. The zero-order chi connectivity index (χ0) is 14.0. The lowest BCUT2D eigenvalue weighted by molar-refractivity contribution is 0.0788. The van der Waals surface area contributed by atoms with Crippen LogP contribution in [0.25, 0.3) is 0 Å². The van der Waals surface area contributed by atoms with Crippen molar-refractivity contribution in [3.8, 4) is 0 Å². The van der Waals surface area contributed by atoms with Gasteiger partial charge in [0.05, 0.1) is 8.66 Å². The minimum absolute atomic E-state index is 0.0977. The lowest BCUT2D eigenvalue weighted by atomic mass is 10.2. The highest BCUT2D eigenvalue weighted by Gasteiger charge is 2.15. The van der Waals surface area contributed by atoms with Gasteiger partial charge in [-0.1, -0.05) is 6.07 Å². The number of rotatable bonds is 3. The number of amides is 1. The molecule has 1 aromatic heterocycles. The average Bonchev–Trinajstić information content (AvgIpc) is 2.78. The molecular formula is C13H10BrF2NOS. The SMILES string of the molecule is CN(Cc1ccc(F)cc1F)C(=O)c1ccc(Br)s1. The first-order chi connectivity index (χ1) is 8.97. The molecule has 2 aromatic rings. The predicted octanol–water partition coefficient (Wildman–Crippen LogP) is 4.06. The van der Waals surface area contributed by atoms with Gasteiger partial charge in [0.25, 0.3) is 5.91 Å². The third kappa shape index (κ3) is 3.39. The first kappa shape index (κ1) is 14.1. The second kappa shape index (κ2) is 5.79. The first-order valence-corrected chi connectivity index (χ1v) is 7.03. The second-order valence-corrected chi connectivity index (χ2v) is 6.46. The van der Waals surface area contributed by atoms with E-state index in [1.165, 1.54) is 28.4 Å². The third-order valence-electron chi connectivity index (χ3n) is 2.55. The quantitative estimate of drug-likeness (QED) is 0.821. The van der Waals surface area contributed by atoms with Gasteiger partial charge in [0.2, 0.25) is 0 Å². The Balaban J connectivity index is 2.12. The van der Waals surface area contributed by atoms with E-state index in [1.807, 2.05) is 0 Å². The Hall–Kier alpha value is -1.27. The van der Waals surface area contributed by atoms with E-state index in [1.54, 1.807) is 19.2 Å². The molecule has 100 valence electrons. The molecule has 0 saturated heterocycles. The van der Waals surface area contributed by atoms with Crippen molar-refractivity contribution in [2.45, 2.75) is 6.54 Å². The van der Waals surface area contributed by atoms with Crippen molar-refractivity contribution in [2.75, 3.05) is 7.05 Å². The number of hydrogen-bond donors (Lipinski definition) is 0. The van der Waals surface area contributed by atoms with Gasteiger partial charge in [0.15, 0.2) is 0 Å². The van der Waals surface area contributed by atoms with Gasteiger partial charge >= 0.3 is 0 Å². The Morgan fingerprint density at radius 3 is 2.63 bits per heavy atom. The van der Waals surface area contributed by atoms with Crippen LogP contribution >= 0.6 is 27.3 Å². The fourth-order valence-corrected chi connectivity index (χ4v) is 2.98. The lowest BCUT2D eigenvalue weighted by Gasteiger charge is -2.16. The molecule has 1 aromatic carbocycles. The standard InChI is InChI=1S/C13H10BrF2NOS/c1-17(13(18)11-4-5-12(14)19-11)7-8-2-3-9(15)6-10(8)16/h2-6H,7H2,1H3. The monoisotopic (exact) mass is 345 g/mol. The molecule has 6 heteroatoms. The van der Waals surface area contributed by atoms with E-state index >= 15 is 0 Å². The maximum Gasteiger partial charge on any atom is 0.264 e. The van der Waals surface area contributed by atoms with Gasteiger partial charge in [-0.25, -0.2) is 8.78 Å². The van der Waals surface area contributed by atoms with E-state index in [0.29, 0.717) is 4.88 Å². The summed E-state index contributed by atoms with van der Waals surface area (Å²) in [7, 11) is 1.58. The highest BCUT2D eigenvalue weighted by Crippen LogP contribution is 2.23. The molecule has 19 heavy (non-hydrogen) atoms. The highest BCUT2D eigenvalue weighted by atomic mass is 79.9. The van der Waals surface area contributed by atoms with E-state index in [4.69, 9.17) is 0 Å². The molecule has 2 nitrogen and oxygen atoms in total. The summed E-state index contributed by atoms with van der Waals surface area (Å²) in [5.41, 5.74) is 0.285. The Morgan fingerprint density at radius 2 is 2.05 bits per heavy atom. The summed E-state index contributed by atoms with van der Waals surface area (Å²) < 4.78 is 27.1. The van der Waals surface area contributed by atoms with Crippen LogP contribution in [0.5, 0.6) is 0 Å². The van der Waals surface area contributed by atoms with Gasteiger partial charge < -0.3 is 4.90 Å². The van der Waals surface area contributed by atoms with Crippen LogP contribution in [0.15, 0.2) is 34.1 Å². The van der Waals surface area contributed by atoms with E-state index in [9.17, 15) is 13.6 Å². The van der Waals surface area contributed by atoms with E-state index < -0.39 is 11.6 Å². The number of carbonyl (C=O) groups excluding carboxylic acids is 1. The van der Waals surface area contributed by atoms with Crippen LogP contribution in [0.1, 0.15) is 15.2 Å². The summed E-state index contributed by atoms with van der Waals surface area (Å²) in [6, 6.07) is 6.82. The third-order valence-corrected chi connectivity index (χ3v) is 4.16. The summed E-state index contributed by atoms with van der Waals surface area (Å²) in [5, 5.41) is 0. The van der Waals surface area contributed by atoms with E-state index in [0.717, 1.165) is 9.85 Å². The zero-order valence-electron chi connectivity index (χ0n) is 9.99. The molecule has 0 aliphatic carbocycles. The van der Waals surface area contributed by atoms with Crippen LogP contribution in [0, 0.1) is 11.6 Å². The molecule has 0 aliphatic rings. The number of carbonyl (C=O) groups is 1. The van der Waals surface area contributed by atoms with Crippen LogP contribution in [-0.2, 0) is 6.54 Å². The van der Waals surface area contributed by atoms with E-state index in [-0.39, 0.29) is 18.0 Å². The van der Waals surface area contributed by atoms with Crippen molar-refractivity contribution in [1.29, 1.82) is 0 Å². The van der Waals surface area contributed by atoms with E-state index in [2.05, 4.69) is 15.9 Å². The molecule has 2 rings (SSSR count). The number of benzene rings is 1. The van der Waals surface area contributed by atoms with Crippen molar-refractivity contribution >= 4 is 33.2 Å². The van der Waals surface area contributed by atoms with Crippen molar-refractivity contribution in [3.05, 3.63) is 56.2 Å². The molecule has 0 unspecified atom stereocenters. The maximum atomic E-state index is 13.5. The number of halogens is 3. The molecular weight excluding hydrogens is 336 g/mol. The Kier molecular flexibility index (Phi) is 4.31. The topological polar surface area (TPSA) is 20.3 Å². The van der Waals surface area contributed by atoms with Gasteiger partial charge in [-0.2, -0.15) is 0 Å². The van der Waals surface area contributed by atoms with Crippen LogP contribution in [-0.4, -0.2) is 17.9 Å². The van der Waals surface area contributed by atoms with Crippen molar-refractivity contribution in [3.63, 3.8) is 0 Å². The van der Waals surface area contributed by atoms with Crippen molar-refractivity contribution in [1.82, 2.24) is 4.90 Å². The fraction of sp³-hybridized carbons (Fsp3) is 0.154. The average molecular weight is 346 g/mol. The predicted molar refractivity (Wildman–Crippen MR) is 74.2 cm³/mol. The fourth-order valence-electron chi connectivity index (χ4n) is 1.59. The van der Waals surface area contributed by atoms with Crippen molar-refractivity contribution in [2.24, 2.45) is 0 Å². The molecule has 0 bridgehead atoms. The van der Waals surface area contributed by atoms with Crippen LogP contribution in [0.2, 0.25) is 0 Å². The van der Waals surface area contributed by atoms with Crippen LogP contribution in [0.3, 0.4) is 0 Å². The summed E-state index contributed by atoms with van der Waals surface area (Å²) in [5.74, 6) is -1.47. The highest BCUT2D eigenvalue weighted by molar-refractivity contribution is 9.11. The van der Waals surface area contributed by atoms with Crippen molar-refractivity contribution < 1.29 is 13.6 Å². The molecule has 1 amide bonds. The van der Waals surface area contributed by atoms with Gasteiger partial charge in [-0.3, -0.25) is 4.79 Å². The zero-order valence-corrected chi connectivity index (χ0v) is 12.4. The molecule has 0 N–H and O–H groups in total. The molecule has 0 aliphatic heterocycles. The molecule has 1 heterocycles. The van der Waals surface area contributed by atoms with Gasteiger partial charge in [-0.15, -0.1) is 11.3 Å². The largest absolute Gasteiger partial charge is 0.337 e. The minimum atomic E-state index is -0.646. The molecule has 0 saturated carbocycles. The number of thiophene rings is 1. The van der Waals surface area contributed by atoms with Gasteiger partial charge in [0, 0.05) is 25.2 Å². The first-order valence-electron chi connectivity index (χ1n) is 5.42. The normalized spacial score (nSPS) is 10.5. The summed E-state index contributed by atoms with van der Waals surface area (Å²) in [4.78, 5) is 14.0. The molecule has 0 fully saturated rings. The van der Waals surface area contributed by atoms with Crippen LogP contribution < -0.4 is 0 Å². The van der Waals surface area contributed by atoms with Gasteiger partial charge in [0.1, 0.15) is 11.6 Å². The van der Waals surface area contributed by atoms with Crippen LogP contribution in [0.4, 0.5) is 8.78 Å². The maximum absolute atomic E-state index is 13.5. The number of hydrogen-bond acceptors (Lipinski definition) is 2. The molecule has 0 atom stereocenters. The summed E-state index contributed by atoms with van der Waals surface area (Å²) in [6.45, 7) is 0.0977.